The van der Waals surface area contributed by atoms with E-state index in [1.165, 1.54) is 22.6 Å². The Morgan fingerprint density at radius 2 is 1.00 bits per heavy atom. The number of hydrogen-bond acceptors (Lipinski definition) is 1. The van der Waals surface area contributed by atoms with Crippen LogP contribution in [0, 0.1) is 0 Å². The second-order valence-electron chi connectivity index (χ2n) is 4.81. The Morgan fingerprint density at radius 1 is 0.571 bits per heavy atom. The molecule has 3 rings (SSSR count). The molecule has 0 atom stereocenters. The molecular weight excluding hydrogens is 369 g/mol. The fourth-order valence-electron chi connectivity index (χ4n) is 2.34. The third kappa shape index (κ3) is 3.27. The third-order valence-corrected chi connectivity index (χ3v) is 4.26. The molecule has 0 aliphatic heterocycles. The van der Waals surface area contributed by atoms with E-state index in [1.807, 2.05) is 12.1 Å². The van der Waals surface area contributed by atoms with Crippen LogP contribution in [-0.2, 0) is 4.43 Å². The van der Waals surface area contributed by atoms with Crippen molar-refractivity contribution in [2.75, 3.05) is 4.90 Å². The van der Waals surface area contributed by atoms with Crippen LogP contribution in [0.2, 0.25) is 0 Å². The second-order valence-corrected chi connectivity index (χ2v) is 5.57. The monoisotopic (exact) mass is 385 g/mol. The molecule has 0 amide bonds. The van der Waals surface area contributed by atoms with Crippen LogP contribution in [0.4, 0.5) is 17.1 Å². The molecule has 0 heterocycles. The van der Waals surface area contributed by atoms with Gasteiger partial charge in [0.15, 0.2) is 0 Å². The fourth-order valence-corrected chi connectivity index (χ4v) is 2.84. The molecule has 0 fully saturated rings. The van der Waals surface area contributed by atoms with Gasteiger partial charge in [-0.15, -0.1) is 0 Å². The van der Waals surface area contributed by atoms with Crippen molar-refractivity contribution < 1.29 is 0 Å². The number of anilines is 3. The summed E-state index contributed by atoms with van der Waals surface area (Å²) in [5.41, 5.74) is 4.87. The largest absolute Gasteiger partial charge is 0.311 e. The normalized spacial score (nSPS) is 10.3. The van der Waals surface area contributed by atoms with Gasteiger partial charge in [-0.2, -0.15) is 0 Å². The number of benzene rings is 3. The van der Waals surface area contributed by atoms with Crippen LogP contribution >= 0.6 is 22.6 Å². The molecule has 2 heteroatoms. The second kappa shape index (κ2) is 6.76. The van der Waals surface area contributed by atoms with Crippen LogP contribution in [0.5, 0.6) is 0 Å². The summed E-state index contributed by atoms with van der Waals surface area (Å²) in [6.07, 6.45) is 0. The van der Waals surface area contributed by atoms with E-state index in [-0.39, 0.29) is 0 Å². The smallest absolute Gasteiger partial charge is 0.0461 e. The Labute approximate surface area is 139 Å². The van der Waals surface area contributed by atoms with E-state index < -0.39 is 0 Å². The molecule has 0 N–H and O–H groups in total. The summed E-state index contributed by atoms with van der Waals surface area (Å²) in [5.74, 6) is 0. The van der Waals surface area contributed by atoms with Gasteiger partial charge < -0.3 is 4.90 Å². The van der Waals surface area contributed by atoms with Gasteiger partial charge in [-0.3, -0.25) is 0 Å². The highest BCUT2D eigenvalue weighted by Crippen LogP contribution is 2.34. The minimum atomic E-state index is 1.04. The molecule has 0 unspecified atom stereocenters. The van der Waals surface area contributed by atoms with Gasteiger partial charge in [0.2, 0.25) is 0 Å². The number of alkyl halides is 1. The van der Waals surface area contributed by atoms with Gasteiger partial charge in [-0.1, -0.05) is 71.1 Å². The minimum absolute atomic E-state index is 1.04. The molecular formula is C19H16IN. The summed E-state index contributed by atoms with van der Waals surface area (Å²) in [7, 11) is 0. The average molecular weight is 385 g/mol. The van der Waals surface area contributed by atoms with Crippen LogP contribution < -0.4 is 4.90 Å². The van der Waals surface area contributed by atoms with Crippen molar-refractivity contribution in [2.45, 2.75) is 4.43 Å². The molecule has 0 spiro atoms. The third-order valence-electron chi connectivity index (χ3n) is 3.38. The molecule has 104 valence electrons. The summed E-state index contributed by atoms with van der Waals surface area (Å²) >= 11 is 2.39. The first-order chi connectivity index (χ1) is 10.4. The fraction of sp³-hybridized carbons (Fsp3) is 0.0526. The van der Waals surface area contributed by atoms with Crippen molar-refractivity contribution in [2.24, 2.45) is 0 Å². The predicted molar refractivity (Wildman–Crippen MR) is 98.8 cm³/mol. The van der Waals surface area contributed by atoms with E-state index in [0.29, 0.717) is 0 Å². The predicted octanol–water partition coefficient (Wildman–Crippen LogP) is 6.09. The zero-order valence-electron chi connectivity index (χ0n) is 11.6. The lowest BCUT2D eigenvalue weighted by atomic mass is 10.1. The molecule has 21 heavy (non-hydrogen) atoms. The molecule has 0 aromatic heterocycles. The lowest BCUT2D eigenvalue weighted by Gasteiger charge is -2.25. The van der Waals surface area contributed by atoms with Crippen molar-refractivity contribution in [1.29, 1.82) is 0 Å². The van der Waals surface area contributed by atoms with E-state index in [4.69, 9.17) is 0 Å². The van der Waals surface area contributed by atoms with Crippen molar-refractivity contribution >= 4 is 39.7 Å². The number of hydrogen-bond donors (Lipinski definition) is 0. The van der Waals surface area contributed by atoms with Crippen molar-refractivity contribution in [3.05, 3.63) is 90.5 Å². The average Bonchev–Trinajstić information content (AvgIpc) is 2.58. The van der Waals surface area contributed by atoms with Gasteiger partial charge >= 0.3 is 0 Å². The molecule has 0 bridgehead atoms. The Morgan fingerprint density at radius 3 is 1.43 bits per heavy atom. The molecule has 0 aliphatic rings. The molecule has 0 aliphatic carbocycles. The Balaban J connectivity index is 2.07. The number of halogens is 1. The van der Waals surface area contributed by atoms with Crippen molar-refractivity contribution in [3.63, 3.8) is 0 Å². The van der Waals surface area contributed by atoms with E-state index in [1.54, 1.807) is 0 Å². The van der Waals surface area contributed by atoms with E-state index in [2.05, 4.69) is 100 Å². The van der Waals surface area contributed by atoms with Crippen LogP contribution in [0.3, 0.4) is 0 Å². The molecule has 3 aromatic carbocycles. The standard InChI is InChI=1S/C19H16IN/c20-15-16-11-13-19(14-12-16)21(17-7-3-1-4-8-17)18-9-5-2-6-10-18/h1-14H,15H2. The highest BCUT2D eigenvalue weighted by Gasteiger charge is 2.11. The van der Waals surface area contributed by atoms with Crippen molar-refractivity contribution in [3.8, 4) is 0 Å². The summed E-state index contributed by atoms with van der Waals surface area (Å²) < 4.78 is 1.04. The summed E-state index contributed by atoms with van der Waals surface area (Å²) in [5, 5.41) is 0. The summed E-state index contributed by atoms with van der Waals surface area (Å²) in [6, 6.07) is 29.7. The Kier molecular flexibility index (Phi) is 4.55. The van der Waals surface area contributed by atoms with E-state index in [9.17, 15) is 0 Å². The zero-order chi connectivity index (χ0) is 14.5. The SMILES string of the molecule is ICc1ccc(N(c2ccccc2)c2ccccc2)cc1. The van der Waals surface area contributed by atoms with Crippen molar-refractivity contribution in [1.82, 2.24) is 0 Å². The van der Waals surface area contributed by atoms with Crippen LogP contribution in [0.15, 0.2) is 84.9 Å². The van der Waals surface area contributed by atoms with Gasteiger partial charge in [-0.05, 0) is 42.0 Å². The van der Waals surface area contributed by atoms with Gasteiger partial charge in [0.1, 0.15) is 0 Å². The first kappa shape index (κ1) is 14.1. The van der Waals surface area contributed by atoms with Gasteiger partial charge in [0, 0.05) is 21.5 Å². The Bertz CT molecular complexity index is 638. The van der Waals surface area contributed by atoms with Crippen LogP contribution in [0.25, 0.3) is 0 Å². The summed E-state index contributed by atoms with van der Waals surface area (Å²) in [6.45, 7) is 0. The molecule has 0 saturated heterocycles. The zero-order valence-corrected chi connectivity index (χ0v) is 13.8. The van der Waals surface area contributed by atoms with Crippen LogP contribution in [0.1, 0.15) is 5.56 Å². The first-order valence-corrected chi connectivity index (χ1v) is 8.46. The molecule has 1 nitrogen and oxygen atoms in total. The quantitative estimate of drug-likeness (QED) is 0.388. The Hall–Kier alpha value is -1.81. The highest BCUT2D eigenvalue weighted by molar-refractivity contribution is 14.1. The summed E-state index contributed by atoms with van der Waals surface area (Å²) in [4.78, 5) is 2.27. The van der Waals surface area contributed by atoms with Gasteiger partial charge in [-0.25, -0.2) is 0 Å². The first-order valence-electron chi connectivity index (χ1n) is 6.93. The minimum Gasteiger partial charge on any atom is -0.311 e. The van der Waals surface area contributed by atoms with E-state index >= 15 is 0 Å². The highest BCUT2D eigenvalue weighted by atomic mass is 127. The number of nitrogens with zero attached hydrogens (tertiary/aromatic N) is 1. The lowest BCUT2D eigenvalue weighted by Crippen LogP contribution is -2.09. The van der Waals surface area contributed by atoms with Gasteiger partial charge in [0.05, 0.1) is 0 Å². The van der Waals surface area contributed by atoms with Crippen LogP contribution in [-0.4, -0.2) is 0 Å². The molecule has 0 radical (unpaired) electrons. The van der Waals surface area contributed by atoms with E-state index in [0.717, 1.165) is 4.43 Å². The number of para-hydroxylation sites is 2. The number of rotatable bonds is 4. The maximum absolute atomic E-state index is 2.39. The molecule has 0 saturated carbocycles. The molecule has 3 aromatic rings. The topological polar surface area (TPSA) is 3.24 Å². The lowest BCUT2D eigenvalue weighted by molar-refractivity contribution is 1.27. The maximum atomic E-state index is 2.39. The van der Waals surface area contributed by atoms with Gasteiger partial charge in [0.25, 0.3) is 0 Å². The maximum Gasteiger partial charge on any atom is 0.0461 e.